The van der Waals surface area contributed by atoms with Crippen molar-refractivity contribution in [2.24, 2.45) is 0 Å². The lowest BCUT2D eigenvalue weighted by Gasteiger charge is -2.36. The van der Waals surface area contributed by atoms with Crippen molar-refractivity contribution >= 4 is 24.2 Å². The first-order chi connectivity index (χ1) is 13.2. The molecule has 148 valence electrons. The van der Waals surface area contributed by atoms with Crippen molar-refractivity contribution in [1.82, 2.24) is 25.1 Å². The first-order valence-electron chi connectivity index (χ1n) is 9.42. The average Bonchev–Trinajstić information content (AvgIpc) is 3.28. The first-order valence-corrected chi connectivity index (χ1v) is 9.42. The summed E-state index contributed by atoms with van der Waals surface area (Å²) in [6, 6.07) is 8.87. The first kappa shape index (κ1) is 20.2. The summed E-state index contributed by atoms with van der Waals surface area (Å²) < 4.78 is 0. The van der Waals surface area contributed by atoms with Gasteiger partial charge in [0.2, 0.25) is 0 Å². The Bertz CT molecular complexity index is 826. The number of hydrogen-bond donors (Lipinski definition) is 1. The maximum absolute atomic E-state index is 13.2. The van der Waals surface area contributed by atoms with Crippen LogP contribution in [0.2, 0.25) is 0 Å². The van der Waals surface area contributed by atoms with Gasteiger partial charge in [-0.05, 0) is 36.6 Å². The Morgan fingerprint density at radius 2 is 1.75 bits per heavy atom. The summed E-state index contributed by atoms with van der Waals surface area (Å²) >= 11 is 0. The number of likely N-dealkylation sites (tertiary alicyclic amines) is 1. The zero-order valence-electron chi connectivity index (χ0n) is 15.6. The fraction of sp³-hybridized carbons (Fsp3) is 0.400. The van der Waals surface area contributed by atoms with Crippen LogP contribution in [0.25, 0.3) is 0 Å². The molecule has 28 heavy (non-hydrogen) atoms. The molecule has 2 fully saturated rings. The van der Waals surface area contributed by atoms with Gasteiger partial charge in [-0.15, -0.1) is 12.4 Å². The van der Waals surface area contributed by atoms with Gasteiger partial charge < -0.3 is 15.1 Å². The molecule has 2 aromatic heterocycles. The highest BCUT2D eigenvalue weighted by atomic mass is 35.5. The third-order valence-corrected chi connectivity index (χ3v) is 5.15. The largest absolute Gasteiger partial charge is 0.337 e. The Morgan fingerprint density at radius 1 is 1.00 bits per heavy atom. The lowest BCUT2D eigenvalue weighted by atomic mass is 10.0. The van der Waals surface area contributed by atoms with Crippen LogP contribution in [-0.2, 0) is 0 Å². The molecule has 4 heterocycles. The van der Waals surface area contributed by atoms with Crippen LogP contribution < -0.4 is 5.32 Å². The van der Waals surface area contributed by atoms with Gasteiger partial charge in [0.05, 0.1) is 6.04 Å². The standard InChI is InChI=1S/C20H23N5O2.ClH/c26-19(24-10-1-2-11-24)16-6-3-7-17(23-16)20(27)25-12-9-22-14-18(25)15-5-4-8-21-13-15;/h3-8,13,18,22H,1-2,9-12,14H2;1H. The molecule has 2 aromatic rings. The molecule has 8 heteroatoms. The molecule has 0 spiro atoms. The minimum Gasteiger partial charge on any atom is -0.337 e. The summed E-state index contributed by atoms with van der Waals surface area (Å²) in [6.07, 6.45) is 5.56. The van der Waals surface area contributed by atoms with E-state index in [0.29, 0.717) is 24.5 Å². The number of aromatic nitrogens is 2. The van der Waals surface area contributed by atoms with E-state index < -0.39 is 0 Å². The number of carbonyl (C=O) groups excluding carboxylic acids is 2. The topological polar surface area (TPSA) is 78.4 Å². The number of amides is 2. The number of hydrogen-bond acceptors (Lipinski definition) is 5. The number of nitrogens with one attached hydrogen (secondary N) is 1. The summed E-state index contributed by atoms with van der Waals surface area (Å²) in [4.78, 5) is 38.0. The summed E-state index contributed by atoms with van der Waals surface area (Å²) in [5, 5.41) is 3.33. The van der Waals surface area contributed by atoms with Crippen molar-refractivity contribution in [3.63, 3.8) is 0 Å². The highest BCUT2D eigenvalue weighted by molar-refractivity contribution is 5.96. The van der Waals surface area contributed by atoms with Gasteiger partial charge >= 0.3 is 0 Å². The van der Waals surface area contributed by atoms with E-state index in [9.17, 15) is 9.59 Å². The third-order valence-electron chi connectivity index (χ3n) is 5.15. The Kier molecular flexibility index (Phi) is 6.59. The average molecular weight is 402 g/mol. The molecule has 0 aliphatic carbocycles. The van der Waals surface area contributed by atoms with Crippen LogP contribution in [0.5, 0.6) is 0 Å². The maximum atomic E-state index is 13.2. The number of rotatable bonds is 3. The molecule has 2 aliphatic rings. The summed E-state index contributed by atoms with van der Waals surface area (Å²) in [5.74, 6) is -0.243. The normalized spacial score (nSPS) is 19.2. The monoisotopic (exact) mass is 401 g/mol. The maximum Gasteiger partial charge on any atom is 0.273 e. The van der Waals surface area contributed by atoms with Crippen LogP contribution >= 0.6 is 12.4 Å². The molecule has 0 radical (unpaired) electrons. The van der Waals surface area contributed by atoms with Crippen molar-refractivity contribution in [3.05, 3.63) is 59.7 Å². The van der Waals surface area contributed by atoms with E-state index in [1.54, 1.807) is 35.5 Å². The minimum absolute atomic E-state index is 0. The second kappa shape index (κ2) is 9.12. The van der Waals surface area contributed by atoms with E-state index in [-0.39, 0.29) is 30.3 Å². The highest BCUT2D eigenvalue weighted by Gasteiger charge is 2.30. The molecule has 2 aliphatic heterocycles. The smallest absolute Gasteiger partial charge is 0.273 e. The molecule has 7 nitrogen and oxygen atoms in total. The van der Waals surface area contributed by atoms with Crippen molar-refractivity contribution in [2.45, 2.75) is 18.9 Å². The summed E-state index contributed by atoms with van der Waals surface area (Å²) in [6.45, 7) is 3.52. The summed E-state index contributed by atoms with van der Waals surface area (Å²) in [5.41, 5.74) is 1.65. The lowest BCUT2D eigenvalue weighted by Crippen LogP contribution is -2.49. The van der Waals surface area contributed by atoms with Crippen LogP contribution in [0.4, 0.5) is 0 Å². The van der Waals surface area contributed by atoms with Gasteiger partial charge in [0.25, 0.3) is 11.8 Å². The highest BCUT2D eigenvalue weighted by Crippen LogP contribution is 2.23. The fourth-order valence-electron chi connectivity index (χ4n) is 3.72. The second-order valence-corrected chi connectivity index (χ2v) is 6.91. The van der Waals surface area contributed by atoms with E-state index in [1.807, 2.05) is 17.0 Å². The fourth-order valence-corrected chi connectivity index (χ4v) is 3.72. The molecular formula is C20H24ClN5O2. The van der Waals surface area contributed by atoms with Crippen LogP contribution in [0, 0.1) is 0 Å². The van der Waals surface area contributed by atoms with Gasteiger partial charge in [-0.1, -0.05) is 12.1 Å². The number of piperazine rings is 1. The van der Waals surface area contributed by atoms with Crippen molar-refractivity contribution in [3.8, 4) is 0 Å². The summed E-state index contributed by atoms with van der Waals surface area (Å²) in [7, 11) is 0. The zero-order chi connectivity index (χ0) is 18.6. The number of pyridine rings is 2. The molecule has 0 bridgehead atoms. The van der Waals surface area contributed by atoms with Crippen molar-refractivity contribution in [2.75, 3.05) is 32.7 Å². The Hall–Kier alpha value is -2.51. The predicted molar refractivity (Wildman–Crippen MR) is 108 cm³/mol. The van der Waals surface area contributed by atoms with E-state index in [0.717, 1.165) is 38.0 Å². The predicted octanol–water partition coefficient (Wildman–Crippen LogP) is 1.92. The van der Waals surface area contributed by atoms with E-state index in [4.69, 9.17) is 0 Å². The lowest BCUT2D eigenvalue weighted by molar-refractivity contribution is 0.0627. The van der Waals surface area contributed by atoms with Crippen LogP contribution in [-0.4, -0.2) is 64.3 Å². The van der Waals surface area contributed by atoms with Gasteiger partial charge in [0.1, 0.15) is 11.4 Å². The SMILES string of the molecule is Cl.O=C(c1cccc(C(=O)N2CCNCC2c2cccnc2)n1)N1CCCC1. The zero-order valence-corrected chi connectivity index (χ0v) is 16.4. The molecular weight excluding hydrogens is 378 g/mol. The van der Waals surface area contributed by atoms with Crippen molar-refractivity contribution < 1.29 is 9.59 Å². The Balaban J connectivity index is 0.00000225. The van der Waals surface area contributed by atoms with Gasteiger partial charge in [-0.2, -0.15) is 0 Å². The van der Waals surface area contributed by atoms with Gasteiger partial charge in [0.15, 0.2) is 0 Å². The molecule has 1 atom stereocenters. The quantitative estimate of drug-likeness (QED) is 0.850. The number of nitrogens with zero attached hydrogens (tertiary/aromatic N) is 4. The van der Waals surface area contributed by atoms with Gasteiger partial charge in [-0.25, -0.2) is 4.98 Å². The molecule has 2 saturated heterocycles. The third kappa shape index (κ3) is 4.15. The van der Waals surface area contributed by atoms with E-state index in [1.165, 1.54) is 0 Å². The Labute approximate surface area is 170 Å². The van der Waals surface area contributed by atoms with Gasteiger partial charge in [-0.3, -0.25) is 14.6 Å². The minimum atomic E-state index is -0.151. The molecule has 4 rings (SSSR count). The van der Waals surface area contributed by atoms with Crippen LogP contribution in [0.15, 0.2) is 42.7 Å². The molecule has 0 aromatic carbocycles. The van der Waals surface area contributed by atoms with Gasteiger partial charge in [0, 0.05) is 45.1 Å². The van der Waals surface area contributed by atoms with Crippen LogP contribution in [0.1, 0.15) is 45.4 Å². The number of halogens is 1. The molecule has 1 N–H and O–H groups in total. The van der Waals surface area contributed by atoms with E-state index >= 15 is 0 Å². The molecule has 1 unspecified atom stereocenters. The molecule has 2 amide bonds. The second-order valence-electron chi connectivity index (χ2n) is 6.91. The number of carbonyl (C=O) groups is 2. The van der Waals surface area contributed by atoms with Crippen molar-refractivity contribution in [1.29, 1.82) is 0 Å². The van der Waals surface area contributed by atoms with E-state index in [2.05, 4.69) is 15.3 Å². The molecule has 0 saturated carbocycles. The van der Waals surface area contributed by atoms with Crippen LogP contribution in [0.3, 0.4) is 0 Å². The Morgan fingerprint density at radius 3 is 2.46 bits per heavy atom.